The van der Waals surface area contributed by atoms with Crippen LogP contribution in [-0.4, -0.2) is 24.2 Å². The highest BCUT2D eigenvalue weighted by atomic mass is 16.5. The highest BCUT2D eigenvalue weighted by Gasteiger charge is 2.45. The molecule has 1 spiro atoms. The Labute approximate surface area is 78.8 Å². The first kappa shape index (κ1) is 9.00. The van der Waals surface area contributed by atoms with Gasteiger partial charge in [0.05, 0.1) is 6.61 Å². The maximum atomic E-state index is 11.4. The molecule has 13 heavy (non-hydrogen) atoms. The molecule has 3 nitrogen and oxygen atoms in total. The van der Waals surface area contributed by atoms with Crippen molar-refractivity contribution in [2.45, 2.75) is 50.6 Å². The van der Waals surface area contributed by atoms with Crippen LogP contribution in [0.4, 0.5) is 0 Å². The van der Waals surface area contributed by atoms with Crippen molar-refractivity contribution in [2.24, 2.45) is 0 Å². The second kappa shape index (κ2) is 3.29. The molecular weight excluding hydrogens is 166 g/mol. The van der Waals surface area contributed by atoms with E-state index in [2.05, 4.69) is 5.32 Å². The van der Waals surface area contributed by atoms with Gasteiger partial charge in [-0.3, -0.25) is 10.1 Å². The van der Waals surface area contributed by atoms with E-state index in [1.807, 2.05) is 6.92 Å². The number of esters is 1. The van der Waals surface area contributed by atoms with Crippen molar-refractivity contribution in [3.05, 3.63) is 0 Å². The summed E-state index contributed by atoms with van der Waals surface area (Å²) in [5.41, 5.74) is 0.317. The molecule has 0 aromatic carbocycles. The average Bonchev–Trinajstić information content (AvgIpc) is 2.47. The Morgan fingerprint density at radius 1 is 1.54 bits per heavy atom. The highest BCUT2D eigenvalue weighted by Crippen LogP contribution is 2.40. The van der Waals surface area contributed by atoms with Crippen molar-refractivity contribution >= 4 is 5.97 Å². The van der Waals surface area contributed by atoms with E-state index in [9.17, 15) is 4.79 Å². The van der Waals surface area contributed by atoms with Crippen LogP contribution in [0, 0.1) is 0 Å². The van der Waals surface area contributed by atoms with E-state index in [-0.39, 0.29) is 12.0 Å². The second-order valence-corrected chi connectivity index (χ2v) is 4.12. The predicted molar refractivity (Wildman–Crippen MR) is 49.4 cm³/mol. The summed E-state index contributed by atoms with van der Waals surface area (Å²) < 4.78 is 4.99. The van der Waals surface area contributed by atoms with Gasteiger partial charge >= 0.3 is 5.97 Å². The lowest BCUT2D eigenvalue weighted by molar-refractivity contribution is -0.145. The number of nitrogens with one attached hydrogen (secondary N) is 1. The second-order valence-electron chi connectivity index (χ2n) is 4.12. The van der Waals surface area contributed by atoms with Gasteiger partial charge in [-0.1, -0.05) is 0 Å². The molecule has 0 aromatic heterocycles. The fourth-order valence-electron chi connectivity index (χ4n) is 2.35. The Balaban J connectivity index is 1.87. The van der Waals surface area contributed by atoms with Crippen LogP contribution in [-0.2, 0) is 9.53 Å². The van der Waals surface area contributed by atoms with Crippen LogP contribution >= 0.6 is 0 Å². The molecule has 0 aromatic rings. The minimum atomic E-state index is -0.0636. The van der Waals surface area contributed by atoms with Crippen molar-refractivity contribution in [3.8, 4) is 0 Å². The van der Waals surface area contributed by atoms with E-state index in [0.29, 0.717) is 12.1 Å². The molecule has 1 atom stereocenters. The number of hydrogen-bond donors (Lipinski definition) is 1. The zero-order valence-electron chi connectivity index (χ0n) is 8.14. The van der Waals surface area contributed by atoms with Gasteiger partial charge in [0.15, 0.2) is 0 Å². The third-order valence-electron chi connectivity index (χ3n) is 3.27. The zero-order valence-corrected chi connectivity index (χ0v) is 8.14. The molecule has 1 aliphatic carbocycles. The van der Waals surface area contributed by atoms with E-state index in [1.165, 1.54) is 19.3 Å². The van der Waals surface area contributed by atoms with Gasteiger partial charge in [0, 0.05) is 5.54 Å². The monoisotopic (exact) mass is 183 g/mol. The molecule has 1 saturated heterocycles. The fourth-order valence-corrected chi connectivity index (χ4v) is 2.35. The standard InChI is InChI=1S/C10H17NO2/c1-2-13-9(12)8-4-7-10(11-8)5-3-6-10/h8,11H,2-7H2,1H3. The molecule has 2 aliphatic rings. The lowest BCUT2D eigenvalue weighted by Gasteiger charge is -2.39. The summed E-state index contributed by atoms with van der Waals surface area (Å²) in [5, 5.41) is 3.41. The lowest BCUT2D eigenvalue weighted by atomic mass is 9.76. The molecule has 1 unspecified atom stereocenters. The molecule has 0 amide bonds. The Kier molecular flexibility index (Phi) is 2.28. The average molecular weight is 183 g/mol. The molecule has 2 rings (SSSR count). The van der Waals surface area contributed by atoms with Gasteiger partial charge < -0.3 is 4.74 Å². The van der Waals surface area contributed by atoms with Crippen molar-refractivity contribution in [1.82, 2.24) is 5.32 Å². The van der Waals surface area contributed by atoms with Crippen molar-refractivity contribution < 1.29 is 9.53 Å². The molecule has 3 heteroatoms. The first-order valence-electron chi connectivity index (χ1n) is 5.20. The van der Waals surface area contributed by atoms with Gasteiger partial charge in [-0.05, 0) is 39.0 Å². The molecule has 2 fully saturated rings. The van der Waals surface area contributed by atoms with Crippen LogP contribution in [0.5, 0.6) is 0 Å². The van der Waals surface area contributed by atoms with Crippen LogP contribution in [0.1, 0.15) is 39.0 Å². The summed E-state index contributed by atoms with van der Waals surface area (Å²) >= 11 is 0. The van der Waals surface area contributed by atoms with Gasteiger partial charge in [-0.2, -0.15) is 0 Å². The van der Waals surface area contributed by atoms with Crippen LogP contribution in [0.2, 0.25) is 0 Å². The third-order valence-corrected chi connectivity index (χ3v) is 3.27. The van der Waals surface area contributed by atoms with E-state index in [1.54, 1.807) is 0 Å². The Morgan fingerprint density at radius 3 is 2.77 bits per heavy atom. The molecule has 1 heterocycles. The summed E-state index contributed by atoms with van der Waals surface area (Å²) in [6, 6.07) is -0.0275. The fraction of sp³-hybridized carbons (Fsp3) is 0.900. The normalized spacial score (nSPS) is 30.1. The summed E-state index contributed by atoms with van der Waals surface area (Å²) in [7, 11) is 0. The number of hydrogen-bond acceptors (Lipinski definition) is 3. The molecule has 1 N–H and O–H groups in total. The lowest BCUT2D eigenvalue weighted by Crippen LogP contribution is -2.50. The van der Waals surface area contributed by atoms with Crippen LogP contribution in [0.25, 0.3) is 0 Å². The van der Waals surface area contributed by atoms with Crippen molar-refractivity contribution in [3.63, 3.8) is 0 Å². The molecule has 1 saturated carbocycles. The number of carbonyl (C=O) groups excluding carboxylic acids is 1. The molecule has 0 radical (unpaired) electrons. The van der Waals surface area contributed by atoms with E-state index >= 15 is 0 Å². The quantitative estimate of drug-likeness (QED) is 0.654. The summed E-state index contributed by atoms with van der Waals surface area (Å²) in [4.78, 5) is 11.4. The summed E-state index contributed by atoms with van der Waals surface area (Å²) in [6.45, 7) is 2.34. The number of rotatable bonds is 2. The number of carbonyl (C=O) groups is 1. The van der Waals surface area contributed by atoms with Crippen LogP contribution in [0.3, 0.4) is 0 Å². The molecular formula is C10H17NO2. The third kappa shape index (κ3) is 1.57. The smallest absolute Gasteiger partial charge is 0.323 e. The highest BCUT2D eigenvalue weighted by molar-refractivity contribution is 5.76. The molecule has 74 valence electrons. The van der Waals surface area contributed by atoms with Crippen molar-refractivity contribution in [2.75, 3.05) is 6.61 Å². The van der Waals surface area contributed by atoms with Crippen LogP contribution < -0.4 is 5.32 Å². The Bertz CT molecular complexity index is 211. The van der Waals surface area contributed by atoms with E-state index in [0.717, 1.165) is 12.8 Å². The van der Waals surface area contributed by atoms with Gasteiger partial charge in [0.25, 0.3) is 0 Å². The van der Waals surface area contributed by atoms with Crippen molar-refractivity contribution in [1.29, 1.82) is 0 Å². The predicted octanol–water partition coefficient (Wildman–Crippen LogP) is 1.22. The van der Waals surface area contributed by atoms with Gasteiger partial charge in [-0.25, -0.2) is 0 Å². The Morgan fingerprint density at radius 2 is 2.31 bits per heavy atom. The minimum absolute atomic E-state index is 0.0275. The zero-order chi connectivity index (χ0) is 9.31. The van der Waals surface area contributed by atoms with Gasteiger partial charge in [-0.15, -0.1) is 0 Å². The maximum absolute atomic E-state index is 11.4. The largest absolute Gasteiger partial charge is 0.465 e. The maximum Gasteiger partial charge on any atom is 0.323 e. The Hall–Kier alpha value is -0.570. The first-order valence-corrected chi connectivity index (χ1v) is 5.20. The molecule has 1 aliphatic heterocycles. The first-order chi connectivity index (χ1) is 6.26. The summed E-state index contributed by atoms with van der Waals surface area (Å²) in [6.07, 6.45) is 5.89. The van der Waals surface area contributed by atoms with Gasteiger partial charge in [0.2, 0.25) is 0 Å². The topological polar surface area (TPSA) is 38.3 Å². The van der Waals surface area contributed by atoms with E-state index in [4.69, 9.17) is 4.74 Å². The molecule has 0 bridgehead atoms. The van der Waals surface area contributed by atoms with E-state index < -0.39 is 0 Å². The van der Waals surface area contributed by atoms with Gasteiger partial charge in [0.1, 0.15) is 6.04 Å². The summed E-state index contributed by atoms with van der Waals surface area (Å²) in [5.74, 6) is -0.0636. The SMILES string of the molecule is CCOC(=O)C1CCC2(CCC2)N1. The minimum Gasteiger partial charge on any atom is -0.465 e. The van der Waals surface area contributed by atoms with Crippen LogP contribution in [0.15, 0.2) is 0 Å². The number of ether oxygens (including phenoxy) is 1.